The maximum Gasteiger partial charge on any atom is 0.322 e. The molecule has 1 heterocycles. The number of para-hydroxylation sites is 1. The molecule has 0 aliphatic carbocycles. The van der Waals surface area contributed by atoms with Gasteiger partial charge in [0.15, 0.2) is 0 Å². The topological polar surface area (TPSA) is 66.8 Å². The van der Waals surface area contributed by atoms with Gasteiger partial charge in [0, 0.05) is 56.0 Å². The summed E-state index contributed by atoms with van der Waals surface area (Å²) in [6, 6.07) is 20.7. The standard InChI is InChI=1S/C29H37ClN4O3/c1-23(2)19-34(21-26-14-9-16-32(26)20-24-11-7-8-15-27(24)30)28(35)22-33(17-10-18-37-3)29(36)31-25-12-5-4-6-13-25/h4-9,11-16,23H,10,17-22H2,1-3H3,(H,31,36). The van der Waals surface area contributed by atoms with Crippen molar-refractivity contribution >= 4 is 29.2 Å². The summed E-state index contributed by atoms with van der Waals surface area (Å²) in [5.41, 5.74) is 2.71. The van der Waals surface area contributed by atoms with Crippen LogP contribution in [0, 0.1) is 5.92 Å². The second-order valence-electron chi connectivity index (χ2n) is 9.45. The van der Waals surface area contributed by atoms with Gasteiger partial charge >= 0.3 is 6.03 Å². The SMILES string of the molecule is COCCCN(CC(=O)N(Cc1cccn1Cc1ccccc1Cl)CC(C)C)C(=O)Nc1ccccc1. The zero-order valence-electron chi connectivity index (χ0n) is 21.9. The second-order valence-corrected chi connectivity index (χ2v) is 9.86. The molecule has 0 saturated carbocycles. The molecule has 7 nitrogen and oxygen atoms in total. The molecule has 0 aliphatic heterocycles. The number of urea groups is 1. The first-order valence-electron chi connectivity index (χ1n) is 12.6. The first kappa shape index (κ1) is 28.3. The predicted octanol–water partition coefficient (Wildman–Crippen LogP) is 5.75. The Bertz CT molecular complexity index is 1130. The molecule has 0 bridgehead atoms. The summed E-state index contributed by atoms with van der Waals surface area (Å²) in [5.74, 6) is 0.177. The molecular formula is C29H37ClN4O3. The van der Waals surface area contributed by atoms with Crippen LogP contribution in [-0.4, -0.2) is 59.7 Å². The van der Waals surface area contributed by atoms with Crippen LogP contribution in [0.5, 0.6) is 0 Å². The van der Waals surface area contributed by atoms with Gasteiger partial charge in [-0.1, -0.05) is 61.8 Å². The Hall–Kier alpha value is -3.29. The average Bonchev–Trinajstić information content (AvgIpc) is 3.31. The molecule has 3 amide bonds. The van der Waals surface area contributed by atoms with E-state index in [1.807, 2.05) is 77.8 Å². The Morgan fingerprint density at radius 2 is 1.73 bits per heavy atom. The summed E-state index contributed by atoms with van der Waals surface area (Å²) in [5, 5.41) is 3.62. The minimum Gasteiger partial charge on any atom is -0.385 e. The highest BCUT2D eigenvalue weighted by molar-refractivity contribution is 6.31. The molecule has 0 atom stereocenters. The van der Waals surface area contributed by atoms with E-state index in [9.17, 15) is 9.59 Å². The number of benzene rings is 2. The fourth-order valence-electron chi connectivity index (χ4n) is 4.09. The lowest BCUT2D eigenvalue weighted by atomic mass is 10.2. The fraction of sp³-hybridized carbons (Fsp3) is 0.379. The van der Waals surface area contributed by atoms with E-state index in [1.54, 1.807) is 12.0 Å². The van der Waals surface area contributed by atoms with Crippen LogP contribution < -0.4 is 5.32 Å². The number of carbonyl (C=O) groups excluding carboxylic acids is 2. The third-order valence-electron chi connectivity index (χ3n) is 5.93. The molecule has 0 fully saturated rings. The zero-order valence-corrected chi connectivity index (χ0v) is 22.7. The molecule has 0 aliphatic rings. The summed E-state index contributed by atoms with van der Waals surface area (Å²) in [6.45, 7) is 6.73. The molecule has 37 heavy (non-hydrogen) atoms. The maximum absolute atomic E-state index is 13.6. The number of ether oxygens (including phenoxy) is 1. The zero-order chi connectivity index (χ0) is 26.6. The number of anilines is 1. The van der Waals surface area contributed by atoms with Crippen molar-refractivity contribution in [1.29, 1.82) is 0 Å². The summed E-state index contributed by atoms with van der Waals surface area (Å²) < 4.78 is 7.28. The van der Waals surface area contributed by atoms with Crippen LogP contribution in [0.4, 0.5) is 10.5 Å². The van der Waals surface area contributed by atoms with Crippen LogP contribution in [-0.2, 0) is 22.6 Å². The van der Waals surface area contributed by atoms with Crippen molar-refractivity contribution in [3.05, 3.63) is 89.2 Å². The van der Waals surface area contributed by atoms with Gasteiger partial charge in [-0.3, -0.25) is 4.79 Å². The van der Waals surface area contributed by atoms with Gasteiger partial charge in [0.2, 0.25) is 5.91 Å². The van der Waals surface area contributed by atoms with Crippen molar-refractivity contribution in [1.82, 2.24) is 14.4 Å². The van der Waals surface area contributed by atoms with E-state index in [-0.39, 0.29) is 24.4 Å². The number of amides is 3. The van der Waals surface area contributed by atoms with Crippen LogP contribution >= 0.6 is 11.6 Å². The van der Waals surface area contributed by atoms with E-state index in [0.29, 0.717) is 49.9 Å². The average molecular weight is 525 g/mol. The minimum absolute atomic E-state index is 0.0136. The third-order valence-corrected chi connectivity index (χ3v) is 6.30. The fourth-order valence-corrected chi connectivity index (χ4v) is 4.28. The molecule has 0 spiro atoms. The van der Waals surface area contributed by atoms with Gasteiger partial charge < -0.3 is 24.4 Å². The Morgan fingerprint density at radius 3 is 2.43 bits per heavy atom. The Kier molecular flexibility index (Phi) is 11.0. The molecule has 0 radical (unpaired) electrons. The van der Waals surface area contributed by atoms with E-state index < -0.39 is 0 Å². The molecule has 8 heteroatoms. The monoisotopic (exact) mass is 524 g/mol. The maximum atomic E-state index is 13.6. The minimum atomic E-state index is -0.303. The third kappa shape index (κ3) is 8.95. The number of hydrogen-bond acceptors (Lipinski definition) is 3. The van der Waals surface area contributed by atoms with Crippen molar-refractivity contribution in [2.75, 3.05) is 38.7 Å². The van der Waals surface area contributed by atoms with Crippen LogP contribution in [0.2, 0.25) is 5.02 Å². The van der Waals surface area contributed by atoms with E-state index in [4.69, 9.17) is 16.3 Å². The number of aromatic nitrogens is 1. The highest BCUT2D eigenvalue weighted by Crippen LogP contribution is 2.19. The number of nitrogens with zero attached hydrogens (tertiary/aromatic N) is 3. The van der Waals surface area contributed by atoms with Gasteiger partial charge in [-0.2, -0.15) is 0 Å². The lowest BCUT2D eigenvalue weighted by Crippen LogP contribution is -2.46. The first-order chi connectivity index (χ1) is 17.9. The summed E-state index contributed by atoms with van der Waals surface area (Å²) in [4.78, 5) is 30.0. The van der Waals surface area contributed by atoms with Crippen molar-refractivity contribution < 1.29 is 14.3 Å². The molecule has 198 valence electrons. The van der Waals surface area contributed by atoms with Crippen molar-refractivity contribution in [2.45, 2.75) is 33.4 Å². The van der Waals surface area contributed by atoms with Crippen LogP contribution in [0.15, 0.2) is 72.9 Å². The largest absolute Gasteiger partial charge is 0.385 e. The van der Waals surface area contributed by atoms with Gasteiger partial charge in [-0.15, -0.1) is 0 Å². The number of hydrogen-bond donors (Lipinski definition) is 1. The Labute approximate surface area is 225 Å². The van der Waals surface area contributed by atoms with Gasteiger partial charge in [0.1, 0.15) is 6.54 Å². The summed E-state index contributed by atoms with van der Waals surface area (Å²) in [6.07, 6.45) is 2.64. The highest BCUT2D eigenvalue weighted by atomic mass is 35.5. The van der Waals surface area contributed by atoms with E-state index in [2.05, 4.69) is 23.7 Å². The molecule has 1 N–H and O–H groups in total. The number of halogens is 1. The second kappa shape index (κ2) is 14.4. The number of rotatable bonds is 13. The van der Waals surface area contributed by atoms with E-state index >= 15 is 0 Å². The first-order valence-corrected chi connectivity index (χ1v) is 13.0. The van der Waals surface area contributed by atoms with E-state index in [0.717, 1.165) is 11.3 Å². The number of methoxy groups -OCH3 is 1. The number of nitrogens with one attached hydrogen (secondary N) is 1. The van der Waals surface area contributed by atoms with Crippen molar-refractivity contribution in [3.8, 4) is 0 Å². The van der Waals surface area contributed by atoms with Gasteiger partial charge in [-0.25, -0.2) is 4.79 Å². The van der Waals surface area contributed by atoms with Crippen molar-refractivity contribution in [3.63, 3.8) is 0 Å². The molecule has 0 saturated heterocycles. The van der Waals surface area contributed by atoms with Crippen molar-refractivity contribution in [2.24, 2.45) is 5.92 Å². The van der Waals surface area contributed by atoms with E-state index in [1.165, 1.54) is 0 Å². The van der Waals surface area contributed by atoms with Crippen LogP contribution in [0.3, 0.4) is 0 Å². The van der Waals surface area contributed by atoms with Gasteiger partial charge in [0.25, 0.3) is 0 Å². The lowest BCUT2D eigenvalue weighted by Gasteiger charge is -2.29. The summed E-state index contributed by atoms with van der Waals surface area (Å²) >= 11 is 6.39. The quantitative estimate of drug-likeness (QED) is 0.290. The molecule has 2 aromatic carbocycles. The molecular weight excluding hydrogens is 488 g/mol. The van der Waals surface area contributed by atoms with Crippen LogP contribution in [0.25, 0.3) is 0 Å². The number of carbonyl (C=O) groups is 2. The molecule has 0 unspecified atom stereocenters. The molecule has 3 aromatic rings. The summed E-state index contributed by atoms with van der Waals surface area (Å²) in [7, 11) is 1.63. The molecule has 3 rings (SSSR count). The van der Waals surface area contributed by atoms with Crippen LogP contribution in [0.1, 0.15) is 31.5 Å². The predicted molar refractivity (Wildman–Crippen MR) is 149 cm³/mol. The molecule has 1 aromatic heterocycles. The lowest BCUT2D eigenvalue weighted by molar-refractivity contribution is -0.133. The smallest absolute Gasteiger partial charge is 0.322 e. The van der Waals surface area contributed by atoms with Gasteiger partial charge in [0.05, 0.1) is 6.54 Å². The normalized spacial score (nSPS) is 10.9. The Balaban J connectivity index is 1.74. The van der Waals surface area contributed by atoms with Gasteiger partial charge in [-0.05, 0) is 48.2 Å². The Morgan fingerprint density at radius 1 is 1.00 bits per heavy atom. The highest BCUT2D eigenvalue weighted by Gasteiger charge is 2.23.